The van der Waals surface area contributed by atoms with Crippen molar-refractivity contribution in [2.75, 3.05) is 0 Å². The molecule has 1 N–H and O–H groups in total. The molecule has 0 bridgehead atoms. The van der Waals surface area contributed by atoms with Crippen LogP contribution in [0.25, 0.3) is 0 Å². The standard InChI is InChI=1S/C15H13ClF3N/c1-9(11-4-2-3-5-12(11)16)20-8-10-6-14(18)15(19)7-13(10)17/h2-7,9,20H,8H2,1H3. The van der Waals surface area contributed by atoms with Crippen LogP contribution in [0.2, 0.25) is 5.02 Å². The van der Waals surface area contributed by atoms with Crippen LogP contribution in [0.1, 0.15) is 24.1 Å². The zero-order valence-electron chi connectivity index (χ0n) is 10.8. The fourth-order valence-corrected chi connectivity index (χ4v) is 2.20. The molecule has 1 unspecified atom stereocenters. The van der Waals surface area contributed by atoms with Crippen LogP contribution in [0.5, 0.6) is 0 Å². The lowest BCUT2D eigenvalue weighted by atomic mass is 10.1. The van der Waals surface area contributed by atoms with Gasteiger partial charge in [-0.3, -0.25) is 0 Å². The van der Waals surface area contributed by atoms with Crippen LogP contribution in [0, 0.1) is 17.5 Å². The van der Waals surface area contributed by atoms with Crippen LogP contribution >= 0.6 is 11.6 Å². The minimum absolute atomic E-state index is 0.0720. The third-order valence-corrected chi connectivity index (χ3v) is 3.40. The van der Waals surface area contributed by atoms with Gasteiger partial charge in [-0.2, -0.15) is 0 Å². The monoisotopic (exact) mass is 299 g/mol. The third-order valence-electron chi connectivity index (χ3n) is 3.06. The number of hydrogen-bond donors (Lipinski definition) is 1. The Labute approximate surface area is 120 Å². The van der Waals surface area contributed by atoms with Crippen molar-refractivity contribution in [3.05, 3.63) is 70.0 Å². The fraction of sp³-hybridized carbons (Fsp3) is 0.200. The van der Waals surface area contributed by atoms with Gasteiger partial charge in [-0.05, 0) is 24.6 Å². The highest BCUT2D eigenvalue weighted by Gasteiger charge is 2.12. The second-order valence-electron chi connectivity index (χ2n) is 4.48. The van der Waals surface area contributed by atoms with Gasteiger partial charge < -0.3 is 5.32 Å². The number of rotatable bonds is 4. The fourth-order valence-electron chi connectivity index (χ4n) is 1.90. The number of halogens is 4. The van der Waals surface area contributed by atoms with E-state index in [-0.39, 0.29) is 18.2 Å². The highest BCUT2D eigenvalue weighted by molar-refractivity contribution is 6.31. The van der Waals surface area contributed by atoms with Crippen LogP contribution in [-0.2, 0) is 6.54 Å². The molecule has 106 valence electrons. The quantitative estimate of drug-likeness (QED) is 0.813. The van der Waals surface area contributed by atoms with Gasteiger partial charge in [0.2, 0.25) is 0 Å². The van der Waals surface area contributed by atoms with E-state index < -0.39 is 17.5 Å². The average molecular weight is 300 g/mol. The molecule has 2 aromatic rings. The summed E-state index contributed by atoms with van der Waals surface area (Å²) < 4.78 is 39.4. The van der Waals surface area contributed by atoms with E-state index in [1.807, 2.05) is 25.1 Å². The predicted molar refractivity (Wildman–Crippen MR) is 73.0 cm³/mol. The Morgan fingerprint density at radius 1 is 1.05 bits per heavy atom. The summed E-state index contributed by atoms with van der Waals surface area (Å²) in [6.07, 6.45) is 0. The number of nitrogens with one attached hydrogen (secondary N) is 1. The summed E-state index contributed by atoms with van der Waals surface area (Å²) in [4.78, 5) is 0. The molecule has 0 aliphatic rings. The Morgan fingerprint density at radius 2 is 1.70 bits per heavy atom. The summed E-state index contributed by atoms with van der Waals surface area (Å²) in [6, 6.07) is 8.53. The van der Waals surface area contributed by atoms with Gasteiger partial charge in [0.1, 0.15) is 5.82 Å². The van der Waals surface area contributed by atoms with Gasteiger partial charge in [-0.25, -0.2) is 13.2 Å². The smallest absolute Gasteiger partial charge is 0.161 e. The topological polar surface area (TPSA) is 12.0 Å². The lowest BCUT2D eigenvalue weighted by molar-refractivity contribution is 0.482. The summed E-state index contributed by atoms with van der Waals surface area (Å²) in [6.45, 7) is 1.94. The Hall–Kier alpha value is -1.52. The molecule has 0 fully saturated rings. The minimum atomic E-state index is -1.19. The van der Waals surface area contributed by atoms with E-state index >= 15 is 0 Å². The summed E-state index contributed by atoms with van der Waals surface area (Å²) in [7, 11) is 0. The van der Waals surface area contributed by atoms with Crippen LogP contribution in [-0.4, -0.2) is 0 Å². The SMILES string of the molecule is CC(NCc1cc(F)c(F)cc1F)c1ccccc1Cl. The first kappa shape index (κ1) is 14.9. The maximum atomic E-state index is 13.5. The van der Waals surface area contributed by atoms with E-state index in [9.17, 15) is 13.2 Å². The van der Waals surface area contributed by atoms with Crippen molar-refractivity contribution in [2.45, 2.75) is 19.5 Å². The lowest BCUT2D eigenvalue weighted by Crippen LogP contribution is -2.19. The number of hydrogen-bond acceptors (Lipinski definition) is 1. The third kappa shape index (κ3) is 3.32. The molecule has 2 rings (SSSR count). The van der Waals surface area contributed by atoms with Crippen LogP contribution < -0.4 is 5.32 Å². The van der Waals surface area contributed by atoms with Crippen LogP contribution in [0.4, 0.5) is 13.2 Å². The van der Waals surface area contributed by atoms with Crippen LogP contribution in [0.3, 0.4) is 0 Å². The summed E-state index contributed by atoms with van der Waals surface area (Å²) >= 11 is 6.05. The Balaban J connectivity index is 2.09. The van der Waals surface area contributed by atoms with Gasteiger partial charge >= 0.3 is 0 Å². The predicted octanol–water partition coefficient (Wildman–Crippen LogP) is 4.61. The van der Waals surface area contributed by atoms with Crippen molar-refractivity contribution in [3.8, 4) is 0 Å². The zero-order valence-corrected chi connectivity index (χ0v) is 11.5. The van der Waals surface area contributed by atoms with Gasteiger partial charge in [-0.1, -0.05) is 29.8 Å². The van der Waals surface area contributed by atoms with E-state index in [2.05, 4.69) is 5.32 Å². The van der Waals surface area contributed by atoms with Crippen molar-refractivity contribution < 1.29 is 13.2 Å². The summed E-state index contributed by atoms with van der Waals surface area (Å²) in [5, 5.41) is 3.63. The van der Waals surface area contributed by atoms with Crippen molar-refractivity contribution in [1.29, 1.82) is 0 Å². The van der Waals surface area contributed by atoms with Crippen molar-refractivity contribution >= 4 is 11.6 Å². The van der Waals surface area contributed by atoms with Gasteiger partial charge in [0.05, 0.1) is 0 Å². The maximum absolute atomic E-state index is 13.5. The molecule has 1 nitrogen and oxygen atoms in total. The molecule has 0 aliphatic heterocycles. The van der Waals surface area contributed by atoms with E-state index in [0.29, 0.717) is 11.1 Å². The van der Waals surface area contributed by atoms with Crippen molar-refractivity contribution in [3.63, 3.8) is 0 Å². The molecule has 0 spiro atoms. The van der Waals surface area contributed by atoms with E-state index in [0.717, 1.165) is 11.6 Å². The zero-order chi connectivity index (χ0) is 14.7. The van der Waals surface area contributed by atoms with Crippen LogP contribution in [0.15, 0.2) is 36.4 Å². The van der Waals surface area contributed by atoms with Gasteiger partial charge in [-0.15, -0.1) is 0 Å². The molecule has 1 atom stereocenters. The molecule has 2 aromatic carbocycles. The molecule has 0 amide bonds. The molecule has 0 saturated carbocycles. The van der Waals surface area contributed by atoms with Gasteiger partial charge in [0.25, 0.3) is 0 Å². The lowest BCUT2D eigenvalue weighted by Gasteiger charge is -2.16. The molecule has 0 radical (unpaired) electrons. The second-order valence-corrected chi connectivity index (χ2v) is 4.89. The average Bonchev–Trinajstić information content (AvgIpc) is 2.41. The Bertz CT molecular complexity index is 616. The van der Waals surface area contributed by atoms with E-state index in [4.69, 9.17) is 11.6 Å². The Morgan fingerprint density at radius 3 is 2.40 bits per heavy atom. The molecule has 0 aromatic heterocycles. The Kier molecular flexibility index (Phi) is 4.68. The van der Waals surface area contributed by atoms with Crippen molar-refractivity contribution in [1.82, 2.24) is 5.32 Å². The highest BCUT2D eigenvalue weighted by Crippen LogP contribution is 2.23. The molecule has 5 heteroatoms. The molecular weight excluding hydrogens is 287 g/mol. The molecular formula is C15H13ClF3N. The van der Waals surface area contributed by atoms with Crippen molar-refractivity contribution in [2.24, 2.45) is 0 Å². The first-order chi connectivity index (χ1) is 9.49. The molecule has 0 aliphatic carbocycles. The first-order valence-electron chi connectivity index (χ1n) is 6.10. The van der Waals surface area contributed by atoms with Gasteiger partial charge in [0, 0.05) is 29.2 Å². The minimum Gasteiger partial charge on any atom is -0.306 e. The first-order valence-corrected chi connectivity index (χ1v) is 6.48. The molecule has 20 heavy (non-hydrogen) atoms. The van der Waals surface area contributed by atoms with E-state index in [1.165, 1.54) is 0 Å². The highest BCUT2D eigenvalue weighted by atomic mass is 35.5. The van der Waals surface area contributed by atoms with E-state index in [1.54, 1.807) is 6.07 Å². The largest absolute Gasteiger partial charge is 0.306 e. The summed E-state index contributed by atoms with van der Waals surface area (Å²) in [5.41, 5.74) is 0.931. The number of benzene rings is 2. The molecule has 0 saturated heterocycles. The maximum Gasteiger partial charge on any atom is 0.161 e. The normalized spacial score (nSPS) is 12.4. The summed E-state index contributed by atoms with van der Waals surface area (Å²) in [5.74, 6) is -3.03. The second kappa shape index (κ2) is 6.29. The van der Waals surface area contributed by atoms with Gasteiger partial charge in [0.15, 0.2) is 11.6 Å². The molecule has 0 heterocycles.